The molecule has 3 aromatic rings. The molecule has 2 aliphatic heterocycles. The van der Waals surface area contributed by atoms with E-state index in [0.717, 1.165) is 77.1 Å². The summed E-state index contributed by atoms with van der Waals surface area (Å²) in [6.07, 6.45) is 6.07. The Hall–Kier alpha value is -2.96. The third kappa shape index (κ3) is 6.00. The monoisotopic (exact) mass is 473 g/mol. The van der Waals surface area contributed by atoms with Gasteiger partial charge in [-0.05, 0) is 61.4 Å². The van der Waals surface area contributed by atoms with Crippen LogP contribution in [0.3, 0.4) is 0 Å². The first-order chi connectivity index (χ1) is 17.3. The van der Waals surface area contributed by atoms with Crippen LogP contribution in [0.4, 0.5) is 0 Å². The molecule has 0 N–H and O–H groups in total. The van der Waals surface area contributed by atoms with Gasteiger partial charge in [0.25, 0.3) is 5.91 Å². The zero-order valence-corrected chi connectivity index (χ0v) is 20.4. The quantitative estimate of drug-likeness (QED) is 0.508. The molecule has 0 radical (unpaired) electrons. The first kappa shape index (κ1) is 23.8. The van der Waals surface area contributed by atoms with Crippen LogP contribution in [0.25, 0.3) is 10.9 Å². The standard InChI is InChI=1S/C29H35N3O3/c33-29(26-8-1-2-11-28(26)35-21-18-31-16-19-34-20-17-31)32-14-5-6-23(12-15-32)22-24-7-3-10-27-25(24)9-4-13-30-27/h1-4,7-11,13,23H,5-6,12,14-22H2/t23-/m0/s1. The Bertz CT molecular complexity index is 1120. The van der Waals surface area contributed by atoms with E-state index in [0.29, 0.717) is 23.8 Å². The van der Waals surface area contributed by atoms with Crippen molar-refractivity contribution in [1.82, 2.24) is 14.8 Å². The van der Waals surface area contributed by atoms with Gasteiger partial charge in [-0.2, -0.15) is 0 Å². The highest BCUT2D eigenvalue weighted by Gasteiger charge is 2.24. The lowest BCUT2D eigenvalue weighted by Crippen LogP contribution is -2.38. The highest BCUT2D eigenvalue weighted by molar-refractivity contribution is 5.97. The summed E-state index contributed by atoms with van der Waals surface area (Å²) in [6, 6.07) is 18.3. The van der Waals surface area contributed by atoms with E-state index in [-0.39, 0.29) is 5.91 Å². The van der Waals surface area contributed by atoms with E-state index in [4.69, 9.17) is 9.47 Å². The number of likely N-dealkylation sites (tertiary alicyclic amines) is 1. The number of nitrogens with zero attached hydrogens (tertiary/aromatic N) is 3. The van der Waals surface area contributed by atoms with Crippen LogP contribution in [-0.2, 0) is 11.2 Å². The lowest BCUT2D eigenvalue weighted by molar-refractivity contribution is 0.0321. The van der Waals surface area contributed by atoms with Crippen molar-refractivity contribution in [2.75, 3.05) is 52.5 Å². The van der Waals surface area contributed by atoms with Crippen molar-refractivity contribution in [2.24, 2.45) is 5.92 Å². The number of benzene rings is 2. The largest absolute Gasteiger partial charge is 0.491 e. The summed E-state index contributed by atoms with van der Waals surface area (Å²) < 4.78 is 11.5. The number of pyridine rings is 1. The second-order valence-electron chi connectivity index (χ2n) is 9.58. The van der Waals surface area contributed by atoms with Gasteiger partial charge in [0, 0.05) is 44.3 Å². The smallest absolute Gasteiger partial charge is 0.257 e. The van der Waals surface area contributed by atoms with Crippen molar-refractivity contribution in [1.29, 1.82) is 0 Å². The van der Waals surface area contributed by atoms with Gasteiger partial charge in [-0.1, -0.05) is 30.3 Å². The zero-order chi connectivity index (χ0) is 23.9. The van der Waals surface area contributed by atoms with Gasteiger partial charge in [0.15, 0.2) is 0 Å². The average Bonchev–Trinajstić information content (AvgIpc) is 3.15. The summed E-state index contributed by atoms with van der Waals surface area (Å²) in [7, 11) is 0. The Morgan fingerprint density at radius 1 is 0.971 bits per heavy atom. The average molecular weight is 474 g/mol. The maximum atomic E-state index is 13.5. The van der Waals surface area contributed by atoms with Crippen molar-refractivity contribution in [3.8, 4) is 5.75 Å². The topological polar surface area (TPSA) is 54.9 Å². The number of hydrogen-bond acceptors (Lipinski definition) is 5. The van der Waals surface area contributed by atoms with Crippen LogP contribution in [-0.4, -0.2) is 73.2 Å². The molecule has 2 aliphatic rings. The Labute approximate surface area is 207 Å². The number of carbonyl (C=O) groups excluding carboxylic acids is 1. The molecular weight excluding hydrogens is 438 g/mol. The molecule has 1 amide bonds. The summed E-state index contributed by atoms with van der Waals surface area (Å²) in [5, 5.41) is 1.25. The number of hydrogen-bond donors (Lipinski definition) is 0. The molecule has 1 atom stereocenters. The van der Waals surface area contributed by atoms with E-state index in [1.54, 1.807) is 0 Å². The Balaban J connectivity index is 1.19. The van der Waals surface area contributed by atoms with Crippen LogP contribution < -0.4 is 4.74 Å². The maximum Gasteiger partial charge on any atom is 0.257 e. The fourth-order valence-corrected chi connectivity index (χ4v) is 5.28. The number of morpholine rings is 1. The van der Waals surface area contributed by atoms with Crippen molar-refractivity contribution in [3.05, 3.63) is 71.9 Å². The summed E-state index contributed by atoms with van der Waals surface area (Å²) in [6.45, 7) is 6.45. The van der Waals surface area contributed by atoms with Gasteiger partial charge in [-0.3, -0.25) is 14.7 Å². The normalized spacial score (nSPS) is 19.4. The molecular formula is C29H35N3O3. The number of para-hydroxylation sites is 1. The molecule has 0 spiro atoms. The number of carbonyl (C=O) groups is 1. The van der Waals surface area contributed by atoms with Gasteiger partial charge in [0.05, 0.1) is 24.3 Å². The highest BCUT2D eigenvalue weighted by atomic mass is 16.5. The van der Waals surface area contributed by atoms with Crippen LogP contribution in [0, 0.1) is 5.92 Å². The van der Waals surface area contributed by atoms with Crippen molar-refractivity contribution >= 4 is 16.8 Å². The first-order valence-electron chi connectivity index (χ1n) is 12.9. The predicted molar refractivity (Wildman–Crippen MR) is 138 cm³/mol. The molecule has 6 heteroatoms. The van der Waals surface area contributed by atoms with E-state index in [2.05, 4.69) is 34.1 Å². The minimum atomic E-state index is 0.0852. The van der Waals surface area contributed by atoms with Crippen molar-refractivity contribution in [2.45, 2.75) is 25.7 Å². The minimum Gasteiger partial charge on any atom is -0.491 e. The third-order valence-electron chi connectivity index (χ3n) is 7.27. The molecule has 184 valence electrons. The molecule has 3 heterocycles. The Morgan fingerprint density at radius 2 is 1.86 bits per heavy atom. The lowest BCUT2D eigenvalue weighted by atomic mass is 9.91. The molecule has 2 saturated heterocycles. The highest BCUT2D eigenvalue weighted by Crippen LogP contribution is 2.27. The second kappa shape index (κ2) is 11.6. The molecule has 2 aromatic carbocycles. The summed E-state index contributed by atoms with van der Waals surface area (Å²) in [4.78, 5) is 22.4. The van der Waals surface area contributed by atoms with Crippen molar-refractivity contribution < 1.29 is 14.3 Å². The summed E-state index contributed by atoms with van der Waals surface area (Å²) in [5.41, 5.74) is 3.09. The maximum absolute atomic E-state index is 13.5. The van der Waals surface area contributed by atoms with E-state index < -0.39 is 0 Å². The molecule has 5 rings (SSSR count). The van der Waals surface area contributed by atoms with Gasteiger partial charge in [0.1, 0.15) is 12.4 Å². The molecule has 2 fully saturated rings. The van der Waals surface area contributed by atoms with Gasteiger partial charge >= 0.3 is 0 Å². The van der Waals surface area contributed by atoms with Crippen LogP contribution in [0.1, 0.15) is 35.2 Å². The number of aromatic nitrogens is 1. The molecule has 0 aliphatic carbocycles. The Kier molecular flexibility index (Phi) is 7.91. The number of fused-ring (bicyclic) bond motifs is 1. The van der Waals surface area contributed by atoms with Gasteiger partial charge in [0.2, 0.25) is 0 Å². The van der Waals surface area contributed by atoms with E-state index >= 15 is 0 Å². The van der Waals surface area contributed by atoms with E-state index in [9.17, 15) is 4.79 Å². The summed E-state index contributed by atoms with van der Waals surface area (Å²) >= 11 is 0. The first-order valence-corrected chi connectivity index (χ1v) is 12.9. The van der Waals surface area contributed by atoms with Gasteiger partial charge < -0.3 is 14.4 Å². The molecule has 1 aromatic heterocycles. The molecule has 0 unspecified atom stereocenters. The minimum absolute atomic E-state index is 0.0852. The van der Waals surface area contributed by atoms with Crippen LogP contribution in [0.15, 0.2) is 60.8 Å². The van der Waals surface area contributed by atoms with Crippen LogP contribution >= 0.6 is 0 Å². The molecule has 6 nitrogen and oxygen atoms in total. The lowest BCUT2D eigenvalue weighted by Gasteiger charge is -2.26. The summed E-state index contributed by atoms with van der Waals surface area (Å²) in [5.74, 6) is 1.34. The molecule has 0 saturated carbocycles. The molecule has 0 bridgehead atoms. The third-order valence-corrected chi connectivity index (χ3v) is 7.27. The van der Waals surface area contributed by atoms with Crippen LogP contribution in [0.5, 0.6) is 5.75 Å². The van der Waals surface area contributed by atoms with Crippen LogP contribution in [0.2, 0.25) is 0 Å². The predicted octanol–water partition coefficient (Wildman–Crippen LogP) is 4.43. The number of rotatable bonds is 7. The number of amides is 1. The second-order valence-corrected chi connectivity index (χ2v) is 9.58. The Morgan fingerprint density at radius 3 is 2.77 bits per heavy atom. The SMILES string of the molecule is O=C(c1ccccc1OCCN1CCOCC1)N1CCC[C@H](Cc2cccc3ncccc23)CC1. The number of ether oxygens (including phenoxy) is 2. The fourth-order valence-electron chi connectivity index (χ4n) is 5.28. The van der Waals surface area contributed by atoms with Crippen molar-refractivity contribution in [3.63, 3.8) is 0 Å². The van der Waals surface area contributed by atoms with Gasteiger partial charge in [-0.15, -0.1) is 0 Å². The zero-order valence-electron chi connectivity index (χ0n) is 20.4. The van der Waals surface area contributed by atoms with Gasteiger partial charge in [-0.25, -0.2) is 0 Å². The fraction of sp³-hybridized carbons (Fsp3) is 0.448. The van der Waals surface area contributed by atoms with E-state index in [1.807, 2.05) is 41.4 Å². The molecule has 35 heavy (non-hydrogen) atoms. The van der Waals surface area contributed by atoms with E-state index in [1.165, 1.54) is 10.9 Å².